The highest BCUT2D eigenvalue weighted by atomic mass is 16.7. The number of carbonyl (C=O) groups is 2. The van der Waals surface area contributed by atoms with Crippen molar-refractivity contribution in [2.24, 2.45) is 0 Å². The maximum atomic E-state index is 12.4. The van der Waals surface area contributed by atoms with Crippen molar-refractivity contribution in [1.29, 1.82) is 0 Å². The van der Waals surface area contributed by atoms with Gasteiger partial charge in [0.2, 0.25) is 11.8 Å². The topological polar surface area (TPSA) is 77.1 Å². The summed E-state index contributed by atoms with van der Waals surface area (Å²) < 4.78 is 17.0. The standard InChI is InChI=1S/C19H26N2O5/c1-14(2)26-16-6-4-3-5-15(16)20-17(22)13-18(23)21-9-7-19(8-10-21)24-11-12-25-19/h3-6,14H,7-13H2,1-2H3,(H,20,22). The third-order valence-electron chi connectivity index (χ3n) is 4.53. The number of hydrogen-bond donors (Lipinski definition) is 1. The zero-order chi connectivity index (χ0) is 18.6. The largest absolute Gasteiger partial charge is 0.489 e. The Balaban J connectivity index is 1.51. The number of rotatable bonds is 5. The lowest BCUT2D eigenvalue weighted by molar-refractivity contribution is -0.187. The van der Waals surface area contributed by atoms with E-state index in [9.17, 15) is 9.59 Å². The number of anilines is 1. The molecular formula is C19H26N2O5. The molecule has 7 nitrogen and oxygen atoms in total. The van der Waals surface area contributed by atoms with Crippen molar-refractivity contribution in [2.75, 3.05) is 31.6 Å². The first-order chi connectivity index (χ1) is 12.5. The average Bonchev–Trinajstić information content (AvgIpc) is 3.05. The molecule has 1 N–H and O–H groups in total. The van der Waals surface area contributed by atoms with Gasteiger partial charge in [0.25, 0.3) is 0 Å². The molecule has 2 aliphatic heterocycles. The minimum Gasteiger partial charge on any atom is -0.489 e. The molecule has 2 saturated heterocycles. The molecule has 3 rings (SSSR count). The summed E-state index contributed by atoms with van der Waals surface area (Å²) >= 11 is 0. The fourth-order valence-corrected chi connectivity index (χ4v) is 3.25. The number of benzene rings is 1. The van der Waals surface area contributed by atoms with Crippen LogP contribution in [0, 0.1) is 0 Å². The van der Waals surface area contributed by atoms with Crippen LogP contribution in [-0.4, -0.2) is 54.9 Å². The fraction of sp³-hybridized carbons (Fsp3) is 0.579. The fourth-order valence-electron chi connectivity index (χ4n) is 3.25. The Bertz CT molecular complexity index is 645. The summed E-state index contributed by atoms with van der Waals surface area (Å²) in [4.78, 5) is 26.4. The van der Waals surface area contributed by atoms with E-state index in [0.717, 1.165) is 0 Å². The van der Waals surface area contributed by atoms with Gasteiger partial charge in [0, 0.05) is 25.9 Å². The number of ether oxygens (including phenoxy) is 3. The quantitative estimate of drug-likeness (QED) is 0.813. The Labute approximate surface area is 153 Å². The highest BCUT2D eigenvalue weighted by Gasteiger charge is 2.40. The second-order valence-electron chi connectivity index (χ2n) is 6.88. The van der Waals surface area contributed by atoms with Crippen LogP contribution in [0.25, 0.3) is 0 Å². The van der Waals surface area contributed by atoms with E-state index in [1.54, 1.807) is 17.0 Å². The lowest BCUT2D eigenvalue weighted by atomic mass is 10.0. The van der Waals surface area contributed by atoms with Crippen LogP contribution in [0.4, 0.5) is 5.69 Å². The summed E-state index contributed by atoms with van der Waals surface area (Å²) in [7, 11) is 0. The molecular weight excluding hydrogens is 336 g/mol. The summed E-state index contributed by atoms with van der Waals surface area (Å²) in [6.45, 7) is 6.13. The van der Waals surface area contributed by atoms with E-state index in [1.165, 1.54) is 0 Å². The maximum absolute atomic E-state index is 12.4. The van der Waals surface area contributed by atoms with Crippen LogP contribution in [0.5, 0.6) is 5.75 Å². The van der Waals surface area contributed by atoms with Gasteiger partial charge < -0.3 is 24.4 Å². The molecule has 0 saturated carbocycles. The molecule has 1 spiro atoms. The SMILES string of the molecule is CC(C)Oc1ccccc1NC(=O)CC(=O)N1CCC2(CC1)OCCO2. The van der Waals surface area contributed by atoms with Crippen molar-refractivity contribution in [3.05, 3.63) is 24.3 Å². The minimum atomic E-state index is -0.522. The Morgan fingerprint density at radius 1 is 1.19 bits per heavy atom. The molecule has 26 heavy (non-hydrogen) atoms. The molecule has 0 bridgehead atoms. The lowest BCUT2D eigenvalue weighted by Crippen LogP contribution is -2.47. The average molecular weight is 362 g/mol. The second-order valence-corrected chi connectivity index (χ2v) is 6.88. The monoisotopic (exact) mass is 362 g/mol. The number of para-hydroxylation sites is 2. The van der Waals surface area contributed by atoms with E-state index >= 15 is 0 Å². The van der Waals surface area contributed by atoms with Crippen molar-refractivity contribution in [2.45, 2.75) is 45.0 Å². The number of likely N-dealkylation sites (tertiary alicyclic amines) is 1. The molecule has 0 atom stereocenters. The van der Waals surface area contributed by atoms with E-state index in [-0.39, 0.29) is 24.3 Å². The number of nitrogens with zero attached hydrogens (tertiary/aromatic N) is 1. The van der Waals surface area contributed by atoms with Crippen molar-refractivity contribution in [1.82, 2.24) is 4.90 Å². The normalized spacial score (nSPS) is 19.0. The zero-order valence-corrected chi connectivity index (χ0v) is 15.3. The zero-order valence-electron chi connectivity index (χ0n) is 15.3. The molecule has 7 heteroatoms. The molecule has 0 unspecified atom stereocenters. The molecule has 2 fully saturated rings. The van der Waals surface area contributed by atoms with Crippen LogP contribution < -0.4 is 10.1 Å². The summed E-state index contributed by atoms with van der Waals surface area (Å²) in [5.74, 6) is -0.452. The first-order valence-electron chi connectivity index (χ1n) is 9.09. The van der Waals surface area contributed by atoms with Gasteiger partial charge in [-0.15, -0.1) is 0 Å². The summed E-state index contributed by atoms with van der Waals surface area (Å²) in [5.41, 5.74) is 0.573. The van der Waals surface area contributed by atoms with Crippen LogP contribution >= 0.6 is 0 Å². The number of nitrogens with one attached hydrogen (secondary N) is 1. The van der Waals surface area contributed by atoms with Crippen molar-refractivity contribution < 1.29 is 23.8 Å². The molecule has 2 amide bonds. The minimum absolute atomic E-state index is 0.00428. The lowest BCUT2D eigenvalue weighted by Gasteiger charge is -2.37. The van der Waals surface area contributed by atoms with Gasteiger partial charge in [0.1, 0.15) is 12.2 Å². The van der Waals surface area contributed by atoms with E-state index in [4.69, 9.17) is 14.2 Å². The second kappa shape index (κ2) is 8.05. The van der Waals surface area contributed by atoms with Crippen molar-refractivity contribution in [3.8, 4) is 5.75 Å². The van der Waals surface area contributed by atoms with Crippen molar-refractivity contribution >= 4 is 17.5 Å². The van der Waals surface area contributed by atoms with Crippen LogP contribution in [0.2, 0.25) is 0 Å². The molecule has 0 radical (unpaired) electrons. The molecule has 1 aromatic rings. The Kier molecular flexibility index (Phi) is 5.78. The van der Waals surface area contributed by atoms with E-state index in [1.807, 2.05) is 26.0 Å². The van der Waals surface area contributed by atoms with Gasteiger partial charge >= 0.3 is 0 Å². The Morgan fingerprint density at radius 3 is 2.50 bits per heavy atom. The molecule has 1 aromatic carbocycles. The molecule has 142 valence electrons. The predicted molar refractivity (Wildman–Crippen MR) is 95.9 cm³/mol. The molecule has 0 aliphatic carbocycles. The van der Waals surface area contributed by atoms with Gasteiger partial charge in [0.05, 0.1) is 25.0 Å². The number of carbonyl (C=O) groups excluding carboxylic acids is 2. The van der Waals surface area contributed by atoms with Gasteiger partial charge in [0.15, 0.2) is 5.79 Å². The van der Waals surface area contributed by atoms with Gasteiger partial charge in [-0.05, 0) is 26.0 Å². The first-order valence-corrected chi connectivity index (χ1v) is 9.09. The van der Waals surface area contributed by atoms with E-state index in [2.05, 4.69) is 5.32 Å². The number of piperidine rings is 1. The summed E-state index contributed by atoms with van der Waals surface area (Å²) in [6, 6.07) is 7.22. The first kappa shape index (κ1) is 18.7. The van der Waals surface area contributed by atoms with E-state index in [0.29, 0.717) is 50.6 Å². The number of amides is 2. The van der Waals surface area contributed by atoms with Crippen molar-refractivity contribution in [3.63, 3.8) is 0 Å². The van der Waals surface area contributed by atoms with Crippen LogP contribution in [0.3, 0.4) is 0 Å². The third-order valence-corrected chi connectivity index (χ3v) is 4.53. The van der Waals surface area contributed by atoms with Gasteiger partial charge in [-0.3, -0.25) is 9.59 Å². The van der Waals surface area contributed by atoms with Gasteiger partial charge in [-0.1, -0.05) is 12.1 Å². The Hall–Kier alpha value is -2.12. The molecule has 0 aromatic heterocycles. The maximum Gasteiger partial charge on any atom is 0.233 e. The molecule has 2 heterocycles. The van der Waals surface area contributed by atoms with Crippen LogP contribution in [-0.2, 0) is 19.1 Å². The van der Waals surface area contributed by atoms with Gasteiger partial charge in [-0.25, -0.2) is 0 Å². The van der Waals surface area contributed by atoms with E-state index < -0.39 is 5.79 Å². The van der Waals surface area contributed by atoms with Crippen LogP contribution in [0.15, 0.2) is 24.3 Å². The van der Waals surface area contributed by atoms with Crippen LogP contribution in [0.1, 0.15) is 33.1 Å². The van der Waals surface area contributed by atoms with Gasteiger partial charge in [-0.2, -0.15) is 0 Å². The Morgan fingerprint density at radius 2 is 1.85 bits per heavy atom. The highest BCUT2D eigenvalue weighted by molar-refractivity contribution is 6.04. The molecule has 2 aliphatic rings. The third kappa shape index (κ3) is 4.53. The summed E-state index contributed by atoms with van der Waals surface area (Å²) in [6.07, 6.45) is 1.09. The predicted octanol–water partition coefficient (Wildman–Crippen LogP) is 2.17. The number of hydrogen-bond acceptors (Lipinski definition) is 5. The smallest absolute Gasteiger partial charge is 0.233 e. The summed E-state index contributed by atoms with van der Waals surface area (Å²) in [5, 5.41) is 2.77. The highest BCUT2D eigenvalue weighted by Crippen LogP contribution is 2.31.